The second-order valence-electron chi connectivity index (χ2n) is 5.24. The van der Waals surface area contributed by atoms with Crippen LogP contribution in [0, 0.1) is 5.92 Å². The lowest BCUT2D eigenvalue weighted by molar-refractivity contribution is -0.123. The summed E-state index contributed by atoms with van der Waals surface area (Å²) < 4.78 is 0. The van der Waals surface area contributed by atoms with Crippen LogP contribution in [0.1, 0.15) is 51.9 Å². The SMILES string of the molecule is CCC(CCN)CCC(=O)NCC1(O)CCC1. The summed E-state index contributed by atoms with van der Waals surface area (Å²) in [5.41, 5.74) is 4.91. The van der Waals surface area contributed by atoms with E-state index in [-0.39, 0.29) is 5.91 Å². The molecule has 1 aliphatic carbocycles. The van der Waals surface area contributed by atoms with Gasteiger partial charge in [-0.2, -0.15) is 0 Å². The van der Waals surface area contributed by atoms with E-state index in [4.69, 9.17) is 5.73 Å². The minimum absolute atomic E-state index is 0.0563. The topological polar surface area (TPSA) is 75.4 Å². The first-order chi connectivity index (χ1) is 8.09. The van der Waals surface area contributed by atoms with Crippen molar-refractivity contribution in [3.05, 3.63) is 0 Å². The highest BCUT2D eigenvalue weighted by molar-refractivity contribution is 5.75. The van der Waals surface area contributed by atoms with Crippen molar-refractivity contribution in [3.63, 3.8) is 0 Å². The summed E-state index contributed by atoms with van der Waals surface area (Å²) in [6.45, 7) is 3.24. The Bertz CT molecular complexity index is 240. The minimum Gasteiger partial charge on any atom is -0.388 e. The Kier molecular flexibility index (Phi) is 5.92. The molecule has 0 heterocycles. The van der Waals surface area contributed by atoms with Gasteiger partial charge in [-0.1, -0.05) is 13.3 Å². The predicted octanol–water partition coefficient (Wildman–Crippen LogP) is 1.17. The van der Waals surface area contributed by atoms with Gasteiger partial charge in [0.25, 0.3) is 0 Å². The Hall–Kier alpha value is -0.610. The second-order valence-corrected chi connectivity index (χ2v) is 5.24. The van der Waals surface area contributed by atoms with Crippen LogP contribution >= 0.6 is 0 Å². The van der Waals surface area contributed by atoms with Gasteiger partial charge in [0, 0.05) is 13.0 Å². The van der Waals surface area contributed by atoms with E-state index in [2.05, 4.69) is 12.2 Å². The van der Waals surface area contributed by atoms with E-state index in [1.807, 2.05) is 0 Å². The van der Waals surface area contributed by atoms with Crippen LogP contribution in [0.2, 0.25) is 0 Å². The Morgan fingerprint density at radius 3 is 2.65 bits per heavy atom. The van der Waals surface area contributed by atoms with Crippen molar-refractivity contribution in [2.45, 2.75) is 57.5 Å². The molecule has 100 valence electrons. The zero-order chi connectivity index (χ0) is 12.7. The number of nitrogens with two attached hydrogens (primary N) is 1. The molecule has 1 saturated carbocycles. The first kappa shape index (κ1) is 14.5. The van der Waals surface area contributed by atoms with E-state index in [1.54, 1.807) is 0 Å². The van der Waals surface area contributed by atoms with E-state index < -0.39 is 5.60 Å². The fraction of sp³-hybridized carbons (Fsp3) is 0.923. The summed E-state index contributed by atoms with van der Waals surface area (Å²) in [4.78, 5) is 11.6. The summed E-state index contributed by atoms with van der Waals surface area (Å²) in [6, 6.07) is 0. The molecule has 1 amide bonds. The highest BCUT2D eigenvalue weighted by atomic mass is 16.3. The zero-order valence-corrected chi connectivity index (χ0v) is 10.9. The molecular weight excluding hydrogens is 216 g/mol. The second kappa shape index (κ2) is 6.97. The normalized spacial score (nSPS) is 19.5. The number of rotatable bonds is 8. The van der Waals surface area contributed by atoms with Crippen LogP contribution < -0.4 is 11.1 Å². The van der Waals surface area contributed by atoms with Crippen LogP contribution in [0.5, 0.6) is 0 Å². The van der Waals surface area contributed by atoms with Crippen LogP contribution in [-0.4, -0.2) is 29.7 Å². The number of carbonyl (C=O) groups is 1. The molecule has 1 unspecified atom stereocenters. The van der Waals surface area contributed by atoms with Crippen LogP contribution in [0.4, 0.5) is 0 Å². The highest BCUT2D eigenvalue weighted by Gasteiger charge is 2.34. The molecule has 1 fully saturated rings. The minimum atomic E-state index is -0.614. The summed E-state index contributed by atoms with van der Waals surface area (Å²) in [5, 5.41) is 12.7. The van der Waals surface area contributed by atoms with Gasteiger partial charge in [0.15, 0.2) is 0 Å². The van der Waals surface area contributed by atoms with Crippen molar-refractivity contribution in [1.29, 1.82) is 0 Å². The molecule has 4 heteroatoms. The first-order valence-electron chi connectivity index (χ1n) is 6.79. The predicted molar refractivity (Wildman–Crippen MR) is 68.5 cm³/mol. The van der Waals surface area contributed by atoms with E-state index in [1.165, 1.54) is 0 Å². The van der Waals surface area contributed by atoms with E-state index in [0.717, 1.165) is 38.5 Å². The number of hydrogen-bond donors (Lipinski definition) is 3. The van der Waals surface area contributed by atoms with E-state index in [0.29, 0.717) is 25.4 Å². The average Bonchev–Trinajstić information content (AvgIpc) is 2.29. The maximum absolute atomic E-state index is 11.6. The summed E-state index contributed by atoms with van der Waals surface area (Å²) >= 11 is 0. The lowest BCUT2D eigenvalue weighted by Crippen LogP contribution is -2.47. The molecule has 0 aromatic heterocycles. The fourth-order valence-electron chi connectivity index (χ4n) is 2.24. The lowest BCUT2D eigenvalue weighted by Gasteiger charge is -2.36. The molecule has 0 aromatic carbocycles. The largest absolute Gasteiger partial charge is 0.388 e. The highest BCUT2D eigenvalue weighted by Crippen LogP contribution is 2.30. The van der Waals surface area contributed by atoms with Crippen LogP contribution in [0.15, 0.2) is 0 Å². The zero-order valence-electron chi connectivity index (χ0n) is 10.9. The van der Waals surface area contributed by atoms with Gasteiger partial charge >= 0.3 is 0 Å². The standard InChI is InChI=1S/C13H26N2O2/c1-2-11(6-9-14)4-5-12(16)15-10-13(17)7-3-8-13/h11,17H,2-10,14H2,1H3,(H,15,16). The quantitative estimate of drug-likeness (QED) is 0.598. The molecule has 0 aliphatic heterocycles. The molecule has 4 N–H and O–H groups in total. The van der Waals surface area contributed by atoms with Gasteiger partial charge < -0.3 is 16.2 Å². The smallest absolute Gasteiger partial charge is 0.220 e. The van der Waals surface area contributed by atoms with Gasteiger partial charge in [-0.05, 0) is 44.6 Å². The number of nitrogens with one attached hydrogen (secondary N) is 1. The van der Waals surface area contributed by atoms with Gasteiger partial charge in [0.1, 0.15) is 0 Å². The first-order valence-corrected chi connectivity index (χ1v) is 6.79. The van der Waals surface area contributed by atoms with E-state index >= 15 is 0 Å². The molecule has 0 radical (unpaired) electrons. The maximum Gasteiger partial charge on any atom is 0.220 e. The van der Waals surface area contributed by atoms with Gasteiger partial charge in [-0.25, -0.2) is 0 Å². The van der Waals surface area contributed by atoms with Crippen molar-refractivity contribution in [2.75, 3.05) is 13.1 Å². The van der Waals surface area contributed by atoms with Crippen LogP contribution in [0.25, 0.3) is 0 Å². The molecule has 1 rings (SSSR count). The van der Waals surface area contributed by atoms with Crippen LogP contribution in [-0.2, 0) is 4.79 Å². The van der Waals surface area contributed by atoms with Gasteiger partial charge in [-0.3, -0.25) is 4.79 Å². The van der Waals surface area contributed by atoms with Crippen molar-refractivity contribution >= 4 is 5.91 Å². The van der Waals surface area contributed by atoms with Gasteiger partial charge in [0.2, 0.25) is 5.91 Å². The van der Waals surface area contributed by atoms with E-state index in [9.17, 15) is 9.90 Å². The number of amides is 1. The number of aliphatic hydroxyl groups is 1. The molecule has 1 aliphatic rings. The van der Waals surface area contributed by atoms with Crippen LogP contribution in [0.3, 0.4) is 0 Å². The number of hydrogen-bond acceptors (Lipinski definition) is 3. The molecular formula is C13H26N2O2. The van der Waals surface area contributed by atoms with Crippen molar-refractivity contribution < 1.29 is 9.90 Å². The summed E-state index contributed by atoms with van der Waals surface area (Å²) in [7, 11) is 0. The van der Waals surface area contributed by atoms with Gasteiger partial charge in [0.05, 0.1) is 5.60 Å². The number of carbonyl (C=O) groups excluding carboxylic acids is 1. The third-order valence-corrected chi connectivity index (χ3v) is 3.83. The summed E-state index contributed by atoms with van der Waals surface area (Å²) in [6.07, 6.45) is 6.23. The average molecular weight is 242 g/mol. The molecule has 1 atom stereocenters. The third kappa shape index (κ3) is 5.04. The Morgan fingerprint density at radius 2 is 2.18 bits per heavy atom. The molecule has 4 nitrogen and oxygen atoms in total. The molecule has 0 aromatic rings. The summed E-state index contributed by atoms with van der Waals surface area (Å²) in [5.74, 6) is 0.610. The molecule has 0 bridgehead atoms. The Balaban J connectivity index is 2.11. The van der Waals surface area contributed by atoms with Crippen molar-refractivity contribution in [2.24, 2.45) is 11.7 Å². The Labute approximate surface area is 104 Å². The monoisotopic (exact) mass is 242 g/mol. The lowest BCUT2D eigenvalue weighted by atomic mass is 9.80. The molecule has 0 spiro atoms. The van der Waals surface area contributed by atoms with Crippen molar-refractivity contribution in [1.82, 2.24) is 5.32 Å². The molecule has 0 saturated heterocycles. The Morgan fingerprint density at radius 1 is 1.47 bits per heavy atom. The van der Waals surface area contributed by atoms with Gasteiger partial charge in [-0.15, -0.1) is 0 Å². The third-order valence-electron chi connectivity index (χ3n) is 3.83. The fourth-order valence-corrected chi connectivity index (χ4v) is 2.24. The molecule has 17 heavy (non-hydrogen) atoms. The van der Waals surface area contributed by atoms with Crippen molar-refractivity contribution in [3.8, 4) is 0 Å². The maximum atomic E-state index is 11.6.